The first kappa shape index (κ1) is 11.0. The van der Waals surface area contributed by atoms with E-state index >= 15 is 0 Å². The van der Waals surface area contributed by atoms with E-state index < -0.39 is 0 Å². The normalized spacial score (nSPS) is 27.7. The summed E-state index contributed by atoms with van der Waals surface area (Å²) in [4.78, 5) is 2.43. The van der Waals surface area contributed by atoms with Crippen molar-refractivity contribution in [2.45, 2.75) is 26.7 Å². The van der Waals surface area contributed by atoms with Gasteiger partial charge in [0, 0.05) is 25.0 Å². The Hall–Kier alpha value is -0.120. The van der Waals surface area contributed by atoms with Crippen LogP contribution in [0, 0.1) is 5.41 Å². The Morgan fingerprint density at radius 3 is 2.23 bits per heavy atom. The molecule has 78 valence electrons. The van der Waals surface area contributed by atoms with Gasteiger partial charge in [-0.15, -0.1) is 0 Å². The monoisotopic (exact) mass is 185 g/mol. The summed E-state index contributed by atoms with van der Waals surface area (Å²) >= 11 is 0. The topological polar surface area (TPSA) is 32.5 Å². The average Bonchev–Trinajstić information content (AvgIpc) is 2.05. The van der Waals surface area contributed by atoms with E-state index in [1.807, 2.05) is 18.9 Å². The summed E-state index contributed by atoms with van der Waals surface area (Å²) < 4.78 is 0. The molecule has 0 aromatic rings. The molecule has 0 aromatic carbocycles. The molecule has 3 nitrogen and oxygen atoms in total. The number of hydrogen-bond acceptors (Lipinski definition) is 3. The van der Waals surface area contributed by atoms with E-state index in [9.17, 15) is 0 Å². The molecule has 2 N–H and O–H groups in total. The van der Waals surface area contributed by atoms with E-state index in [0.717, 1.165) is 13.1 Å². The summed E-state index contributed by atoms with van der Waals surface area (Å²) in [6.45, 7) is 8.74. The SMILES string of the molecule is CC.CN1CCCC2(C1)CN(N)C2. The maximum absolute atomic E-state index is 5.64. The van der Waals surface area contributed by atoms with Crippen molar-refractivity contribution in [3.63, 3.8) is 0 Å². The van der Waals surface area contributed by atoms with Crippen molar-refractivity contribution in [2.24, 2.45) is 11.3 Å². The maximum Gasteiger partial charge on any atom is 0.0210 e. The van der Waals surface area contributed by atoms with Crippen molar-refractivity contribution in [1.82, 2.24) is 9.91 Å². The van der Waals surface area contributed by atoms with E-state index in [0.29, 0.717) is 5.41 Å². The summed E-state index contributed by atoms with van der Waals surface area (Å²) in [6, 6.07) is 0. The second-order valence-corrected chi connectivity index (χ2v) is 4.25. The molecule has 0 radical (unpaired) electrons. The van der Waals surface area contributed by atoms with Crippen molar-refractivity contribution >= 4 is 0 Å². The van der Waals surface area contributed by atoms with Crippen molar-refractivity contribution in [3.05, 3.63) is 0 Å². The minimum absolute atomic E-state index is 0.571. The molecule has 13 heavy (non-hydrogen) atoms. The van der Waals surface area contributed by atoms with Crippen LogP contribution in [0.3, 0.4) is 0 Å². The number of hydrazine groups is 1. The summed E-state index contributed by atoms with van der Waals surface area (Å²) in [6.07, 6.45) is 2.73. The minimum atomic E-state index is 0.571. The van der Waals surface area contributed by atoms with Gasteiger partial charge in [0.2, 0.25) is 0 Å². The van der Waals surface area contributed by atoms with Crippen LogP contribution in [0.1, 0.15) is 26.7 Å². The van der Waals surface area contributed by atoms with Gasteiger partial charge in [0.05, 0.1) is 0 Å². The van der Waals surface area contributed by atoms with Gasteiger partial charge in [0.25, 0.3) is 0 Å². The van der Waals surface area contributed by atoms with E-state index in [-0.39, 0.29) is 0 Å². The third kappa shape index (κ3) is 2.42. The Balaban J connectivity index is 0.000000396. The van der Waals surface area contributed by atoms with Gasteiger partial charge >= 0.3 is 0 Å². The number of nitrogens with two attached hydrogens (primary N) is 1. The van der Waals surface area contributed by atoms with Crippen molar-refractivity contribution in [2.75, 3.05) is 33.2 Å². The molecule has 3 heteroatoms. The quantitative estimate of drug-likeness (QED) is 0.569. The molecule has 2 aliphatic rings. The van der Waals surface area contributed by atoms with Crippen LogP contribution in [0.4, 0.5) is 0 Å². The number of piperidine rings is 1. The van der Waals surface area contributed by atoms with Crippen LogP contribution in [0.15, 0.2) is 0 Å². The predicted octanol–water partition coefficient (Wildman–Crippen LogP) is 0.914. The Morgan fingerprint density at radius 2 is 1.77 bits per heavy atom. The third-order valence-electron chi connectivity index (χ3n) is 2.93. The fourth-order valence-electron chi connectivity index (χ4n) is 2.53. The highest BCUT2D eigenvalue weighted by Gasteiger charge is 2.43. The minimum Gasteiger partial charge on any atom is -0.306 e. The fourth-order valence-corrected chi connectivity index (χ4v) is 2.53. The molecule has 0 atom stereocenters. The first-order valence-electron chi connectivity index (χ1n) is 5.38. The second-order valence-electron chi connectivity index (χ2n) is 4.25. The zero-order valence-corrected chi connectivity index (χ0v) is 9.21. The van der Waals surface area contributed by atoms with E-state index in [4.69, 9.17) is 5.84 Å². The second kappa shape index (κ2) is 4.40. The van der Waals surface area contributed by atoms with Crippen molar-refractivity contribution < 1.29 is 0 Å². The van der Waals surface area contributed by atoms with E-state index in [2.05, 4.69) is 11.9 Å². The standard InChI is InChI=1S/C8H17N3.C2H6/c1-10-4-2-3-8(5-10)6-11(9)7-8;1-2/h2-7,9H2,1H3;1-2H3. The first-order valence-corrected chi connectivity index (χ1v) is 5.38. The van der Waals surface area contributed by atoms with Gasteiger partial charge in [-0.3, -0.25) is 5.84 Å². The molecule has 0 bridgehead atoms. The molecular formula is C10H23N3. The summed E-state index contributed by atoms with van der Waals surface area (Å²) in [5.41, 5.74) is 0.571. The largest absolute Gasteiger partial charge is 0.306 e. The first-order chi connectivity index (χ1) is 6.20. The molecule has 2 fully saturated rings. The van der Waals surface area contributed by atoms with Crippen LogP contribution in [0.5, 0.6) is 0 Å². The van der Waals surface area contributed by atoms with Crippen LogP contribution in [-0.2, 0) is 0 Å². The highest BCUT2D eigenvalue weighted by Crippen LogP contribution is 2.36. The zero-order valence-electron chi connectivity index (χ0n) is 9.21. The maximum atomic E-state index is 5.64. The van der Waals surface area contributed by atoms with Crippen LogP contribution >= 0.6 is 0 Å². The Bertz CT molecular complexity index is 147. The molecule has 1 spiro atoms. The van der Waals surface area contributed by atoms with Crippen molar-refractivity contribution in [3.8, 4) is 0 Å². The van der Waals surface area contributed by atoms with Gasteiger partial charge in [-0.1, -0.05) is 13.8 Å². The number of rotatable bonds is 0. The van der Waals surface area contributed by atoms with E-state index in [1.54, 1.807) is 0 Å². The van der Waals surface area contributed by atoms with Crippen LogP contribution in [0.2, 0.25) is 0 Å². The summed E-state index contributed by atoms with van der Waals surface area (Å²) in [7, 11) is 2.21. The molecule has 0 unspecified atom stereocenters. The molecule has 2 saturated heterocycles. The predicted molar refractivity (Wildman–Crippen MR) is 56.3 cm³/mol. The Kier molecular flexibility index (Phi) is 3.71. The summed E-state index contributed by atoms with van der Waals surface area (Å²) in [5.74, 6) is 5.64. The van der Waals surface area contributed by atoms with Crippen LogP contribution in [-0.4, -0.2) is 43.1 Å². The van der Waals surface area contributed by atoms with Gasteiger partial charge in [0.1, 0.15) is 0 Å². The molecule has 0 aliphatic carbocycles. The van der Waals surface area contributed by atoms with Gasteiger partial charge in [0.15, 0.2) is 0 Å². The smallest absolute Gasteiger partial charge is 0.0210 e. The van der Waals surface area contributed by atoms with Crippen LogP contribution in [0.25, 0.3) is 0 Å². The van der Waals surface area contributed by atoms with Gasteiger partial charge in [-0.05, 0) is 26.4 Å². The molecule has 2 heterocycles. The number of likely N-dealkylation sites (tertiary alicyclic amines) is 1. The Morgan fingerprint density at radius 1 is 1.15 bits per heavy atom. The molecule has 0 saturated carbocycles. The van der Waals surface area contributed by atoms with Gasteiger partial charge < -0.3 is 4.90 Å². The fraction of sp³-hybridized carbons (Fsp3) is 1.00. The lowest BCUT2D eigenvalue weighted by Crippen LogP contribution is -2.64. The highest BCUT2D eigenvalue weighted by molar-refractivity contribution is 4.96. The average molecular weight is 185 g/mol. The number of hydrogen-bond donors (Lipinski definition) is 1. The lowest BCUT2D eigenvalue weighted by atomic mass is 9.74. The third-order valence-corrected chi connectivity index (χ3v) is 2.93. The molecule has 2 rings (SSSR count). The molecule has 2 aliphatic heterocycles. The lowest BCUT2D eigenvalue weighted by molar-refractivity contribution is -0.0488. The summed E-state index contributed by atoms with van der Waals surface area (Å²) in [5, 5.41) is 1.93. The van der Waals surface area contributed by atoms with Crippen molar-refractivity contribution in [1.29, 1.82) is 0 Å². The van der Waals surface area contributed by atoms with E-state index in [1.165, 1.54) is 25.9 Å². The lowest BCUT2D eigenvalue weighted by Gasteiger charge is -2.52. The zero-order chi connectivity index (χ0) is 9.90. The van der Waals surface area contributed by atoms with Crippen LogP contribution < -0.4 is 5.84 Å². The molecular weight excluding hydrogens is 162 g/mol. The number of nitrogens with zero attached hydrogens (tertiary/aromatic N) is 2. The highest BCUT2D eigenvalue weighted by atomic mass is 15.5. The van der Waals surface area contributed by atoms with Gasteiger partial charge in [-0.25, -0.2) is 5.01 Å². The molecule has 0 amide bonds. The van der Waals surface area contributed by atoms with Gasteiger partial charge in [-0.2, -0.15) is 0 Å². The molecule has 0 aromatic heterocycles. The Labute approximate surface area is 81.8 Å².